The monoisotopic (exact) mass is 318 g/mol. The van der Waals surface area contributed by atoms with Crippen LogP contribution in [0.4, 0.5) is 16.2 Å². The Balaban J connectivity index is 1.64. The summed E-state index contributed by atoms with van der Waals surface area (Å²) in [4.78, 5) is 11.9. The molecule has 0 atom stereocenters. The molecule has 0 aromatic heterocycles. The van der Waals surface area contributed by atoms with Crippen LogP contribution in [0, 0.1) is 0 Å². The Hall–Kier alpha value is -3.27. The Kier molecular flexibility index (Phi) is 4.77. The van der Waals surface area contributed by atoms with Crippen molar-refractivity contribution in [2.24, 2.45) is 0 Å². The van der Waals surface area contributed by atoms with Gasteiger partial charge in [-0.2, -0.15) is 0 Å². The maximum atomic E-state index is 11.9. The average Bonchev–Trinajstić information content (AvgIpc) is 2.62. The summed E-state index contributed by atoms with van der Waals surface area (Å²) in [6.45, 7) is 0.240. The number of hydrogen-bond acceptors (Lipinski definition) is 3. The molecule has 4 heteroatoms. The normalized spacial score (nSPS) is 10.2. The Morgan fingerprint density at radius 2 is 1.62 bits per heavy atom. The van der Waals surface area contributed by atoms with E-state index in [-0.39, 0.29) is 6.61 Å². The van der Waals surface area contributed by atoms with Crippen LogP contribution in [0.15, 0.2) is 78.9 Å². The van der Waals surface area contributed by atoms with Crippen LogP contribution >= 0.6 is 0 Å². The van der Waals surface area contributed by atoms with Gasteiger partial charge in [-0.15, -0.1) is 0 Å². The van der Waals surface area contributed by atoms with E-state index in [4.69, 9.17) is 10.5 Å². The summed E-state index contributed by atoms with van der Waals surface area (Å²) in [6, 6.07) is 24.7. The number of carbonyl (C=O) groups excluding carboxylic acids is 1. The largest absolute Gasteiger partial charge is 0.444 e. The van der Waals surface area contributed by atoms with Gasteiger partial charge in [-0.05, 0) is 41.0 Å². The maximum Gasteiger partial charge on any atom is 0.411 e. The summed E-state index contributed by atoms with van der Waals surface area (Å²) in [6.07, 6.45) is -0.478. The van der Waals surface area contributed by atoms with E-state index in [1.54, 1.807) is 0 Å². The third kappa shape index (κ3) is 4.14. The Morgan fingerprint density at radius 1 is 0.875 bits per heavy atom. The Bertz CT molecular complexity index is 815. The van der Waals surface area contributed by atoms with Crippen molar-refractivity contribution in [2.45, 2.75) is 6.61 Å². The van der Waals surface area contributed by atoms with Crippen molar-refractivity contribution in [1.29, 1.82) is 0 Å². The highest BCUT2D eigenvalue weighted by Gasteiger charge is 2.05. The minimum Gasteiger partial charge on any atom is -0.444 e. The number of ether oxygens (including phenoxy) is 1. The molecule has 4 nitrogen and oxygen atoms in total. The van der Waals surface area contributed by atoms with Gasteiger partial charge in [-0.1, -0.05) is 54.6 Å². The van der Waals surface area contributed by atoms with Crippen LogP contribution in [0.1, 0.15) is 5.56 Å². The van der Waals surface area contributed by atoms with E-state index in [1.165, 1.54) is 0 Å². The summed E-state index contributed by atoms with van der Waals surface area (Å²) in [7, 11) is 0. The number of benzene rings is 3. The molecular weight excluding hydrogens is 300 g/mol. The van der Waals surface area contributed by atoms with Gasteiger partial charge in [0.05, 0.1) is 0 Å². The molecule has 1 amide bonds. The lowest BCUT2D eigenvalue weighted by Gasteiger charge is -2.09. The summed E-state index contributed by atoms with van der Waals surface area (Å²) >= 11 is 0. The molecule has 0 bridgehead atoms. The van der Waals surface area contributed by atoms with Gasteiger partial charge in [-0.25, -0.2) is 4.79 Å². The second-order valence-corrected chi connectivity index (χ2v) is 5.39. The molecule has 24 heavy (non-hydrogen) atoms. The summed E-state index contributed by atoms with van der Waals surface area (Å²) in [5, 5.41) is 2.75. The van der Waals surface area contributed by atoms with Crippen molar-refractivity contribution in [3.63, 3.8) is 0 Å². The van der Waals surface area contributed by atoms with E-state index < -0.39 is 6.09 Å². The van der Waals surface area contributed by atoms with Gasteiger partial charge in [0.1, 0.15) is 6.61 Å². The van der Waals surface area contributed by atoms with E-state index in [0.29, 0.717) is 5.69 Å². The van der Waals surface area contributed by atoms with Gasteiger partial charge in [0, 0.05) is 11.4 Å². The lowest BCUT2D eigenvalue weighted by Crippen LogP contribution is -2.13. The number of hydrogen-bond donors (Lipinski definition) is 2. The quantitative estimate of drug-likeness (QED) is 0.686. The zero-order valence-electron chi connectivity index (χ0n) is 13.1. The molecule has 0 aliphatic heterocycles. The molecule has 0 saturated carbocycles. The second-order valence-electron chi connectivity index (χ2n) is 5.39. The molecule has 3 N–H and O–H groups in total. The Labute approximate surface area is 140 Å². The first kappa shape index (κ1) is 15.6. The maximum absolute atomic E-state index is 11.9. The van der Waals surface area contributed by atoms with Gasteiger partial charge in [-0.3, -0.25) is 5.32 Å². The van der Waals surface area contributed by atoms with Gasteiger partial charge < -0.3 is 10.5 Å². The highest BCUT2D eigenvalue weighted by Crippen LogP contribution is 2.23. The molecular formula is C20H18N2O2. The minimum atomic E-state index is -0.478. The van der Waals surface area contributed by atoms with Crippen LogP contribution in [-0.2, 0) is 11.3 Å². The fraction of sp³-hybridized carbons (Fsp3) is 0.0500. The highest BCUT2D eigenvalue weighted by atomic mass is 16.5. The first-order valence-corrected chi connectivity index (χ1v) is 7.64. The molecule has 3 aromatic carbocycles. The SMILES string of the molecule is Nc1ccc(-c2cccc(NC(=O)OCc3ccccc3)c2)cc1. The molecule has 0 heterocycles. The predicted molar refractivity (Wildman–Crippen MR) is 96.5 cm³/mol. The van der Waals surface area contributed by atoms with Crippen LogP contribution in [0.3, 0.4) is 0 Å². The van der Waals surface area contributed by atoms with Crippen LogP contribution in [0.5, 0.6) is 0 Å². The second kappa shape index (κ2) is 7.33. The van der Waals surface area contributed by atoms with E-state index in [9.17, 15) is 4.79 Å². The van der Waals surface area contributed by atoms with Crippen molar-refractivity contribution in [3.8, 4) is 11.1 Å². The molecule has 0 aliphatic rings. The van der Waals surface area contributed by atoms with Crippen molar-refractivity contribution < 1.29 is 9.53 Å². The third-order valence-electron chi connectivity index (χ3n) is 3.57. The lowest BCUT2D eigenvalue weighted by atomic mass is 10.0. The van der Waals surface area contributed by atoms with Crippen LogP contribution < -0.4 is 11.1 Å². The van der Waals surface area contributed by atoms with Crippen molar-refractivity contribution in [3.05, 3.63) is 84.4 Å². The molecule has 0 saturated heterocycles. The van der Waals surface area contributed by atoms with Crippen LogP contribution in [-0.4, -0.2) is 6.09 Å². The van der Waals surface area contributed by atoms with Crippen LogP contribution in [0.2, 0.25) is 0 Å². The average molecular weight is 318 g/mol. The van der Waals surface area contributed by atoms with Crippen LogP contribution in [0.25, 0.3) is 11.1 Å². The fourth-order valence-corrected chi connectivity index (χ4v) is 2.33. The van der Waals surface area contributed by atoms with Gasteiger partial charge in [0.25, 0.3) is 0 Å². The number of nitrogen functional groups attached to an aromatic ring is 1. The fourth-order valence-electron chi connectivity index (χ4n) is 2.33. The van der Waals surface area contributed by atoms with Gasteiger partial charge in [0.2, 0.25) is 0 Å². The van der Waals surface area contributed by atoms with Gasteiger partial charge >= 0.3 is 6.09 Å². The van der Waals surface area contributed by atoms with E-state index >= 15 is 0 Å². The molecule has 0 fully saturated rings. The molecule has 0 radical (unpaired) electrons. The number of nitrogens with one attached hydrogen (secondary N) is 1. The van der Waals surface area contributed by atoms with Crippen molar-refractivity contribution >= 4 is 17.5 Å². The first-order chi connectivity index (χ1) is 11.7. The zero-order valence-corrected chi connectivity index (χ0v) is 13.1. The summed E-state index contributed by atoms with van der Waals surface area (Å²) in [5.74, 6) is 0. The summed E-state index contributed by atoms with van der Waals surface area (Å²) < 4.78 is 5.23. The molecule has 3 aromatic rings. The number of amides is 1. The highest BCUT2D eigenvalue weighted by molar-refractivity contribution is 5.86. The number of rotatable bonds is 4. The van der Waals surface area contributed by atoms with E-state index in [2.05, 4.69) is 5.32 Å². The zero-order chi connectivity index (χ0) is 16.8. The molecule has 0 unspecified atom stereocenters. The standard InChI is InChI=1S/C20H18N2O2/c21-18-11-9-16(10-12-18)17-7-4-8-19(13-17)22-20(23)24-14-15-5-2-1-3-6-15/h1-13H,14,21H2,(H,22,23). The topological polar surface area (TPSA) is 64.3 Å². The lowest BCUT2D eigenvalue weighted by molar-refractivity contribution is 0.155. The molecule has 0 aliphatic carbocycles. The molecule has 3 rings (SSSR count). The van der Waals surface area contributed by atoms with Crippen molar-refractivity contribution in [1.82, 2.24) is 0 Å². The third-order valence-corrected chi connectivity index (χ3v) is 3.57. The molecule has 0 spiro atoms. The van der Waals surface area contributed by atoms with E-state index in [0.717, 1.165) is 22.4 Å². The number of nitrogens with two attached hydrogens (primary N) is 1. The smallest absolute Gasteiger partial charge is 0.411 e. The van der Waals surface area contributed by atoms with Gasteiger partial charge in [0.15, 0.2) is 0 Å². The first-order valence-electron chi connectivity index (χ1n) is 7.64. The van der Waals surface area contributed by atoms with Crippen molar-refractivity contribution in [2.75, 3.05) is 11.1 Å². The predicted octanol–water partition coefficient (Wildman–Crippen LogP) is 4.68. The minimum absolute atomic E-state index is 0.240. The number of anilines is 2. The Morgan fingerprint density at radius 3 is 2.38 bits per heavy atom. The number of carbonyl (C=O) groups is 1. The molecule has 120 valence electrons. The van der Waals surface area contributed by atoms with E-state index in [1.807, 2.05) is 78.9 Å². The summed E-state index contributed by atoms with van der Waals surface area (Å²) in [5.41, 5.74) is 10.1.